The molecule has 4 aromatic rings. The van der Waals surface area contributed by atoms with Gasteiger partial charge in [0.1, 0.15) is 23.9 Å². The Morgan fingerprint density at radius 1 is 1.13 bits per heavy atom. The number of carbonyl (C=O) groups is 2. The minimum atomic E-state index is -4.97. The summed E-state index contributed by atoms with van der Waals surface area (Å²) < 4.78 is 56.7. The van der Waals surface area contributed by atoms with Gasteiger partial charge in [0.25, 0.3) is 11.8 Å². The van der Waals surface area contributed by atoms with Gasteiger partial charge in [0.15, 0.2) is 11.5 Å². The molecule has 2 amide bonds. The van der Waals surface area contributed by atoms with Gasteiger partial charge in [-0.3, -0.25) is 9.59 Å². The monoisotopic (exact) mass is 533 g/mol. The second-order valence-corrected chi connectivity index (χ2v) is 8.02. The lowest BCUT2D eigenvalue weighted by atomic mass is 10.0. The number of rotatable bonds is 7. The molecular weight excluding hydrogens is 514 g/mol. The fourth-order valence-corrected chi connectivity index (χ4v) is 3.57. The molecule has 0 aliphatic heterocycles. The SMILES string of the molecule is Cc1cc(O)c(C(=O)NCc2cc(OC(F)(F)F)ccc2F)cc1-c1ccc2nc(NC(=O)CO)cn2n1. The van der Waals surface area contributed by atoms with Crippen molar-refractivity contribution >= 4 is 23.3 Å². The van der Waals surface area contributed by atoms with Crippen molar-refractivity contribution in [1.29, 1.82) is 0 Å². The molecule has 0 saturated carbocycles. The van der Waals surface area contributed by atoms with Crippen molar-refractivity contribution in [2.45, 2.75) is 19.8 Å². The van der Waals surface area contributed by atoms with Crippen LogP contribution < -0.4 is 15.4 Å². The van der Waals surface area contributed by atoms with Gasteiger partial charge in [-0.25, -0.2) is 13.9 Å². The van der Waals surface area contributed by atoms with Crippen LogP contribution in [0.5, 0.6) is 11.5 Å². The van der Waals surface area contributed by atoms with Crippen LogP contribution >= 0.6 is 0 Å². The van der Waals surface area contributed by atoms with Crippen molar-refractivity contribution < 1.29 is 42.1 Å². The molecule has 4 N–H and O–H groups in total. The minimum Gasteiger partial charge on any atom is -0.507 e. The molecule has 4 rings (SSSR count). The molecule has 0 spiro atoms. The molecule has 0 saturated heterocycles. The van der Waals surface area contributed by atoms with E-state index in [1.54, 1.807) is 19.1 Å². The van der Waals surface area contributed by atoms with Gasteiger partial charge in [-0.05, 0) is 55.0 Å². The number of aromatic hydroxyl groups is 1. The number of amides is 2. The summed E-state index contributed by atoms with van der Waals surface area (Å²) in [5.41, 5.74) is 1.33. The van der Waals surface area contributed by atoms with E-state index >= 15 is 0 Å². The topological polar surface area (TPSA) is 138 Å². The fraction of sp³-hybridized carbons (Fsp3) is 0.167. The number of alkyl halides is 3. The molecule has 0 bridgehead atoms. The quantitative estimate of drug-likeness (QED) is 0.268. The molecule has 0 radical (unpaired) electrons. The minimum absolute atomic E-state index is 0.160. The average molecular weight is 533 g/mol. The molecule has 0 unspecified atom stereocenters. The molecule has 0 atom stereocenters. The van der Waals surface area contributed by atoms with Gasteiger partial charge in [-0.2, -0.15) is 5.10 Å². The highest BCUT2D eigenvalue weighted by molar-refractivity contribution is 5.98. The molecule has 198 valence electrons. The number of carbonyl (C=O) groups excluding carboxylic acids is 2. The molecule has 10 nitrogen and oxygen atoms in total. The second kappa shape index (κ2) is 10.3. The van der Waals surface area contributed by atoms with E-state index in [-0.39, 0.29) is 22.7 Å². The van der Waals surface area contributed by atoms with Crippen molar-refractivity contribution in [2.75, 3.05) is 11.9 Å². The number of nitrogens with zero attached hydrogens (tertiary/aromatic N) is 3. The summed E-state index contributed by atoms with van der Waals surface area (Å²) in [6, 6.07) is 8.28. The molecule has 2 aromatic heterocycles. The molecule has 2 aromatic carbocycles. The van der Waals surface area contributed by atoms with Crippen LogP contribution in [0, 0.1) is 12.7 Å². The zero-order chi connectivity index (χ0) is 27.6. The number of hydrogen-bond acceptors (Lipinski definition) is 7. The number of ether oxygens (including phenoxy) is 1. The highest BCUT2D eigenvalue weighted by Crippen LogP contribution is 2.30. The molecule has 0 fully saturated rings. The number of nitrogens with one attached hydrogen (secondary N) is 2. The van der Waals surface area contributed by atoms with Gasteiger partial charge < -0.3 is 25.6 Å². The summed E-state index contributed by atoms with van der Waals surface area (Å²) in [4.78, 5) is 28.4. The van der Waals surface area contributed by atoms with Crippen molar-refractivity contribution in [3.63, 3.8) is 0 Å². The highest BCUT2D eigenvalue weighted by atomic mass is 19.4. The van der Waals surface area contributed by atoms with E-state index in [0.717, 1.165) is 18.2 Å². The molecular formula is C24H19F4N5O5. The number of phenolic OH excluding ortho intramolecular Hbond substituents is 1. The van der Waals surface area contributed by atoms with E-state index in [1.807, 2.05) is 0 Å². The zero-order valence-electron chi connectivity index (χ0n) is 19.5. The predicted octanol–water partition coefficient (Wildman–Crippen LogP) is 3.31. The fourth-order valence-electron chi connectivity index (χ4n) is 3.57. The van der Waals surface area contributed by atoms with Crippen LogP contribution in [0.1, 0.15) is 21.5 Å². The molecule has 14 heteroatoms. The molecule has 2 heterocycles. The third-order valence-corrected chi connectivity index (χ3v) is 5.28. The van der Waals surface area contributed by atoms with Gasteiger partial charge in [0.05, 0.1) is 17.5 Å². The van der Waals surface area contributed by atoms with E-state index in [1.165, 1.54) is 22.8 Å². The van der Waals surface area contributed by atoms with Gasteiger partial charge in [-0.1, -0.05) is 0 Å². The highest BCUT2D eigenvalue weighted by Gasteiger charge is 2.31. The lowest BCUT2D eigenvalue weighted by molar-refractivity contribution is -0.274. The van der Waals surface area contributed by atoms with Crippen LogP contribution in [0.15, 0.2) is 48.7 Å². The number of fused-ring (bicyclic) bond motifs is 1. The average Bonchev–Trinajstić information content (AvgIpc) is 3.24. The Morgan fingerprint density at radius 2 is 1.89 bits per heavy atom. The van der Waals surface area contributed by atoms with Crippen LogP contribution in [0.4, 0.5) is 23.4 Å². The van der Waals surface area contributed by atoms with Crippen molar-refractivity contribution in [1.82, 2.24) is 19.9 Å². The standard InChI is InChI=1S/C24H19F4N5O5/c1-12-6-19(35)16(23(37)29-9-13-7-14(2-3-17(13)25)38-24(26,27)28)8-15(12)18-4-5-21-30-20(10-33(21)32-18)31-22(36)11-34/h2-8,10,34-35H,9,11H2,1H3,(H,29,37)(H,31,36). The van der Waals surface area contributed by atoms with E-state index in [2.05, 4.69) is 25.5 Å². The van der Waals surface area contributed by atoms with E-state index in [9.17, 15) is 32.3 Å². The predicted molar refractivity (Wildman–Crippen MR) is 125 cm³/mol. The maximum atomic E-state index is 14.1. The van der Waals surface area contributed by atoms with E-state index in [0.29, 0.717) is 22.5 Å². The summed E-state index contributed by atoms with van der Waals surface area (Å²) in [5, 5.41) is 28.4. The first kappa shape index (κ1) is 26.3. The van der Waals surface area contributed by atoms with Crippen molar-refractivity contribution in [3.05, 3.63) is 71.2 Å². The van der Waals surface area contributed by atoms with Gasteiger partial charge in [-0.15, -0.1) is 13.2 Å². The summed E-state index contributed by atoms with van der Waals surface area (Å²) in [7, 11) is 0. The first-order valence-corrected chi connectivity index (χ1v) is 10.9. The van der Waals surface area contributed by atoms with Gasteiger partial charge in [0.2, 0.25) is 0 Å². The summed E-state index contributed by atoms with van der Waals surface area (Å²) in [6.45, 7) is 0.471. The number of aliphatic hydroxyl groups excluding tert-OH is 1. The number of phenols is 1. The van der Waals surface area contributed by atoms with Crippen LogP contribution in [0.25, 0.3) is 16.9 Å². The first-order valence-electron chi connectivity index (χ1n) is 10.9. The Hall–Kier alpha value is -4.72. The smallest absolute Gasteiger partial charge is 0.507 e. The number of imidazole rings is 1. The number of benzene rings is 2. The Morgan fingerprint density at radius 3 is 2.61 bits per heavy atom. The Kier molecular flexibility index (Phi) is 7.17. The van der Waals surface area contributed by atoms with Crippen molar-refractivity contribution in [3.8, 4) is 22.8 Å². The maximum Gasteiger partial charge on any atom is 0.573 e. The first-order chi connectivity index (χ1) is 17.9. The summed E-state index contributed by atoms with van der Waals surface area (Å²) in [6.07, 6.45) is -3.55. The van der Waals surface area contributed by atoms with Crippen molar-refractivity contribution in [2.24, 2.45) is 0 Å². The van der Waals surface area contributed by atoms with Crippen LogP contribution in [-0.4, -0.2) is 49.6 Å². The third-order valence-electron chi connectivity index (χ3n) is 5.28. The Bertz CT molecular complexity index is 1540. The number of aromatic nitrogens is 3. The number of anilines is 1. The Labute approximate surface area is 211 Å². The van der Waals surface area contributed by atoms with Crippen LogP contribution in [0.3, 0.4) is 0 Å². The Balaban J connectivity index is 1.57. The van der Waals surface area contributed by atoms with E-state index in [4.69, 9.17) is 5.11 Å². The van der Waals surface area contributed by atoms with Gasteiger partial charge >= 0.3 is 6.36 Å². The number of halogens is 4. The third kappa shape index (κ3) is 5.98. The number of aliphatic hydroxyl groups is 1. The molecule has 38 heavy (non-hydrogen) atoms. The summed E-state index contributed by atoms with van der Waals surface area (Å²) in [5.74, 6) is -3.20. The van der Waals surface area contributed by atoms with Crippen LogP contribution in [-0.2, 0) is 11.3 Å². The zero-order valence-corrected chi connectivity index (χ0v) is 19.5. The second-order valence-electron chi connectivity index (χ2n) is 8.02. The lowest BCUT2D eigenvalue weighted by Crippen LogP contribution is -2.24. The normalized spacial score (nSPS) is 11.4. The number of aryl methyl sites for hydroxylation is 1. The molecule has 0 aliphatic rings. The summed E-state index contributed by atoms with van der Waals surface area (Å²) >= 11 is 0. The van der Waals surface area contributed by atoms with Gasteiger partial charge in [0, 0.05) is 17.7 Å². The van der Waals surface area contributed by atoms with Crippen LogP contribution in [0.2, 0.25) is 0 Å². The molecule has 0 aliphatic carbocycles. The largest absolute Gasteiger partial charge is 0.573 e. The maximum absolute atomic E-state index is 14.1. The lowest BCUT2D eigenvalue weighted by Gasteiger charge is -2.13. The van der Waals surface area contributed by atoms with E-state index < -0.39 is 42.9 Å². The number of hydrogen-bond donors (Lipinski definition) is 4.